The van der Waals surface area contributed by atoms with Gasteiger partial charge in [-0.25, -0.2) is 4.98 Å². The van der Waals surface area contributed by atoms with Crippen LogP contribution in [0.4, 0.5) is 0 Å². The zero-order valence-corrected chi connectivity index (χ0v) is 41.5. The summed E-state index contributed by atoms with van der Waals surface area (Å²) < 4.78 is 13.2. The second-order valence-electron chi connectivity index (χ2n) is 18.9. The van der Waals surface area contributed by atoms with Crippen molar-refractivity contribution in [2.75, 3.05) is 13.7 Å². The highest BCUT2D eigenvalue weighted by atomic mass is 32.1. The number of fused-ring (bicyclic) bond motifs is 4. The van der Waals surface area contributed by atoms with Crippen molar-refractivity contribution in [2.24, 2.45) is 10.4 Å². The minimum Gasteiger partial charge on any atom is -0.469 e. The minimum absolute atomic E-state index is 0.00684. The minimum atomic E-state index is -1.05. The molecule has 9 rings (SSSR count). The van der Waals surface area contributed by atoms with Gasteiger partial charge in [0.25, 0.3) is 5.91 Å². The maximum atomic E-state index is 14.4. The number of aromatic nitrogens is 4. The van der Waals surface area contributed by atoms with Crippen molar-refractivity contribution in [3.63, 3.8) is 0 Å². The van der Waals surface area contributed by atoms with E-state index >= 15 is 0 Å². The highest BCUT2D eigenvalue weighted by Crippen LogP contribution is 2.40. The molecule has 6 heterocycles. The lowest BCUT2D eigenvalue weighted by molar-refractivity contribution is -0.142. The number of methoxy groups -OCH3 is 1. The van der Waals surface area contributed by atoms with Crippen molar-refractivity contribution in [1.29, 1.82) is 0 Å². The first-order valence-corrected chi connectivity index (χ1v) is 24.5. The molecule has 1 fully saturated rings. The molecule has 0 saturated carbocycles. The Labute approximate surface area is 407 Å². The molecule has 1 saturated heterocycles. The van der Waals surface area contributed by atoms with Crippen molar-refractivity contribution in [3.8, 4) is 26.6 Å². The molecule has 5 atom stereocenters. The summed E-state index contributed by atoms with van der Waals surface area (Å²) in [7, 11) is 1.36. The van der Waals surface area contributed by atoms with Gasteiger partial charge in [-0.3, -0.25) is 28.7 Å². The van der Waals surface area contributed by atoms with Crippen LogP contribution in [0.5, 0.6) is 0 Å². The number of thiazole rings is 1. The van der Waals surface area contributed by atoms with Crippen LogP contribution in [0.2, 0.25) is 0 Å². The average molecular weight is 967 g/mol. The fraction of sp³-hybridized carbons (Fsp3) is 0.346. The number of thiophene rings is 1. The van der Waals surface area contributed by atoms with Crippen LogP contribution in [-0.4, -0.2) is 91.0 Å². The number of aliphatic imine (C=N–C) groups is 1. The van der Waals surface area contributed by atoms with Crippen molar-refractivity contribution in [2.45, 2.75) is 98.5 Å². The lowest BCUT2D eigenvalue weighted by Gasteiger charge is -2.35. The SMILES string of the molecule is COC(=O)CC1N=C(c2ccc(-c3ccc4cc(C(=O)NC(C(=O)N5C[C@H](O)CC5C(=O)NC(C)c5ccc(-c6scnc6C)cc5)C(C)(C)C)oc4c3)cc2)c2c(sc(C)c2C)-n2c(C)nnc21. The average Bonchev–Trinajstić information content (AvgIpc) is 4.16. The van der Waals surface area contributed by atoms with Gasteiger partial charge in [0.15, 0.2) is 11.6 Å². The summed E-state index contributed by atoms with van der Waals surface area (Å²) in [6.45, 7) is 15.4. The highest BCUT2D eigenvalue weighted by Gasteiger charge is 2.45. The van der Waals surface area contributed by atoms with Crippen LogP contribution in [0.1, 0.15) is 108 Å². The summed E-state index contributed by atoms with van der Waals surface area (Å²) in [6.07, 6.45) is -0.837. The number of rotatable bonds is 11. The first kappa shape index (κ1) is 47.3. The fourth-order valence-electron chi connectivity index (χ4n) is 9.13. The first-order valence-electron chi connectivity index (χ1n) is 22.8. The maximum Gasteiger partial charge on any atom is 0.308 e. The molecule has 0 bridgehead atoms. The van der Waals surface area contributed by atoms with E-state index in [0.29, 0.717) is 22.6 Å². The lowest BCUT2D eigenvalue weighted by atomic mass is 9.85. The number of benzene rings is 3. The number of likely N-dealkylation sites (tertiary alicyclic amines) is 1. The molecule has 3 amide bonds. The van der Waals surface area contributed by atoms with Crippen molar-refractivity contribution >= 4 is 63.0 Å². The molecule has 2 aliphatic rings. The summed E-state index contributed by atoms with van der Waals surface area (Å²) in [4.78, 5) is 68.0. The van der Waals surface area contributed by atoms with Gasteiger partial charge < -0.3 is 29.8 Å². The largest absolute Gasteiger partial charge is 0.469 e. The lowest BCUT2D eigenvalue weighted by Crippen LogP contribution is -2.57. The van der Waals surface area contributed by atoms with E-state index in [9.17, 15) is 24.3 Å². The second-order valence-corrected chi connectivity index (χ2v) is 21.0. The zero-order chi connectivity index (χ0) is 49.1. The number of hydrogen-bond acceptors (Lipinski definition) is 13. The number of amides is 3. The van der Waals surface area contributed by atoms with Gasteiger partial charge >= 0.3 is 5.97 Å². The number of aliphatic hydroxyl groups excluding tert-OH is 1. The Bertz CT molecular complexity index is 3160. The molecule has 7 aromatic rings. The number of aryl methyl sites for hydroxylation is 3. The normalized spacial score (nSPS) is 17.7. The fourth-order valence-corrected chi connectivity index (χ4v) is 11.2. The number of carbonyl (C=O) groups is 4. The van der Waals surface area contributed by atoms with Crippen molar-refractivity contribution in [3.05, 3.63) is 129 Å². The van der Waals surface area contributed by atoms with Crippen LogP contribution in [0.3, 0.4) is 0 Å². The number of furan rings is 1. The smallest absolute Gasteiger partial charge is 0.308 e. The predicted molar refractivity (Wildman–Crippen MR) is 266 cm³/mol. The summed E-state index contributed by atoms with van der Waals surface area (Å²) in [5, 5.41) is 27.2. The van der Waals surface area contributed by atoms with Crippen LogP contribution in [0.15, 0.2) is 87.7 Å². The van der Waals surface area contributed by atoms with Crippen LogP contribution in [0.25, 0.3) is 37.5 Å². The number of aliphatic hydroxyl groups is 1. The van der Waals surface area contributed by atoms with E-state index < -0.39 is 47.4 Å². The maximum absolute atomic E-state index is 14.4. The molecule has 4 aromatic heterocycles. The first-order chi connectivity index (χ1) is 32.9. The number of esters is 1. The van der Waals surface area contributed by atoms with E-state index in [2.05, 4.69) is 39.7 Å². The molecule has 17 heteroatoms. The van der Waals surface area contributed by atoms with E-state index in [1.165, 1.54) is 12.0 Å². The van der Waals surface area contributed by atoms with E-state index in [1.807, 2.05) is 118 Å². The topological polar surface area (TPSA) is 194 Å². The standard InChI is InChI=1S/C52H54N8O7S2/c1-26-29(4)69-51-43(26)44(55-38(23-42(62)66-9)47-58-57-30(5)60(47)51)33-14-12-32(13-15-33)35-18-19-36-21-41(67-40(36)20-35)49(64)56-46(52(6,7)8)50(65)59-24-37(61)22-39(59)48(63)54-27(2)31-10-16-34(17-11-31)45-28(3)53-25-68-45/h10-21,25,27,37-39,46,61H,22-24H2,1-9H3,(H,54,63)(H,56,64)/t27?,37-,38?,39?,46?/m1/s1. The number of β-amino-alcohol motifs (C(OH)–C–C–N with tert-alkyl or cyclic N) is 1. The molecule has 3 aromatic carbocycles. The second kappa shape index (κ2) is 18.6. The highest BCUT2D eigenvalue weighted by molar-refractivity contribution is 7.15. The monoisotopic (exact) mass is 966 g/mol. The Balaban J connectivity index is 0.914. The van der Waals surface area contributed by atoms with Gasteiger partial charge in [0.05, 0.1) is 47.5 Å². The van der Waals surface area contributed by atoms with Crippen LogP contribution >= 0.6 is 22.7 Å². The molecular weight excluding hydrogens is 913 g/mol. The Morgan fingerprint density at radius 3 is 2.29 bits per heavy atom. The summed E-state index contributed by atoms with van der Waals surface area (Å²) >= 11 is 3.21. The number of nitrogens with one attached hydrogen (secondary N) is 2. The third-order valence-corrected chi connectivity index (χ3v) is 15.3. The Kier molecular flexibility index (Phi) is 12.7. The molecule has 2 aliphatic heterocycles. The molecule has 0 aliphatic carbocycles. The summed E-state index contributed by atoms with van der Waals surface area (Å²) in [5.74, 6) is -0.533. The third-order valence-electron chi connectivity index (χ3n) is 13.1. The van der Waals surface area contributed by atoms with E-state index in [-0.39, 0.29) is 37.1 Å². The zero-order valence-electron chi connectivity index (χ0n) is 39.9. The molecule has 0 spiro atoms. The van der Waals surface area contributed by atoms with E-state index in [1.54, 1.807) is 28.7 Å². The summed E-state index contributed by atoms with van der Waals surface area (Å²) in [6, 6.07) is 20.3. The molecule has 69 heavy (non-hydrogen) atoms. The van der Waals surface area contributed by atoms with Gasteiger partial charge in [0, 0.05) is 34.4 Å². The molecule has 4 unspecified atom stereocenters. The van der Waals surface area contributed by atoms with E-state index in [0.717, 1.165) is 65.1 Å². The Morgan fingerprint density at radius 1 is 0.913 bits per heavy atom. The molecule has 3 N–H and O–H groups in total. The van der Waals surface area contributed by atoms with Crippen molar-refractivity contribution < 1.29 is 33.4 Å². The quantitative estimate of drug-likeness (QED) is 0.106. The van der Waals surface area contributed by atoms with Crippen LogP contribution < -0.4 is 10.6 Å². The number of ether oxygens (including phenoxy) is 1. The van der Waals surface area contributed by atoms with Crippen LogP contribution in [-0.2, 0) is 19.1 Å². The molecular formula is C52H54N8O7S2. The molecule has 15 nitrogen and oxygen atoms in total. The Morgan fingerprint density at radius 2 is 1.61 bits per heavy atom. The van der Waals surface area contributed by atoms with Gasteiger partial charge in [-0.15, -0.1) is 32.9 Å². The van der Waals surface area contributed by atoms with Crippen LogP contribution in [0, 0.1) is 33.1 Å². The predicted octanol–water partition coefficient (Wildman–Crippen LogP) is 8.54. The van der Waals surface area contributed by atoms with Gasteiger partial charge in [-0.05, 0) is 80.0 Å². The Hall–Kier alpha value is -6.82. The van der Waals surface area contributed by atoms with Gasteiger partial charge in [0.2, 0.25) is 11.8 Å². The number of nitrogens with zero attached hydrogens (tertiary/aromatic N) is 6. The number of hydrogen-bond donors (Lipinski definition) is 3. The third kappa shape index (κ3) is 9.13. The summed E-state index contributed by atoms with van der Waals surface area (Å²) in [5.41, 5.74) is 9.82. The van der Waals surface area contributed by atoms with Gasteiger partial charge in [0.1, 0.15) is 34.5 Å². The van der Waals surface area contributed by atoms with E-state index in [4.69, 9.17) is 14.1 Å². The molecule has 356 valence electrons. The van der Waals surface area contributed by atoms with Crippen molar-refractivity contribution in [1.82, 2.24) is 35.3 Å². The molecule has 0 radical (unpaired) electrons. The van der Waals surface area contributed by atoms with Gasteiger partial charge in [-0.2, -0.15) is 0 Å². The number of carbonyl (C=O) groups excluding carboxylic acids is 4. The van der Waals surface area contributed by atoms with Gasteiger partial charge in [-0.1, -0.05) is 81.4 Å².